The first kappa shape index (κ1) is 12.0. The molecule has 1 aromatic carbocycles. The Morgan fingerprint density at radius 2 is 1.95 bits per heavy atom. The van der Waals surface area contributed by atoms with Crippen molar-refractivity contribution in [1.29, 1.82) is 0 Å². The zero-order valence-electron chi connectivity index (χ0n) is 9.70. The summed E-state index contributed by atoms with van der Waals surface area (Å²) in [4.78, 5) is 22.9. The van der Waals surface area contributed by atoms with Gasteiger partial charge in [-0.25, -0.2) is 0 Å². The Kier molecular flexibility index (Phi) is 2.87. The van der Waals surface area contributed by atoms with E-state index in [-0.39, 0.29) is 11.8 Å². The van der Waals surface area contributed by atoms with E-state index in [1.54, 1.807) is 24.5 Å². The number of carbonyl (C=O) groups is 2. The number of nitrogens with one attached hydrogen (secondary N) is 2. The lowest BCUT2D eigenvalue weighted by atomic mass is 10.1. The Balaban J connectivity index is 1.80. The van der Waals surface area contributed by atoms with Crippen molar-refractivity contribution in [3.63, 3.8) is 0 Å². The summed E-state index contributed by atoms with van der Waals surface area (Å²) < 4.78 is 6.16. The smallest absolute Gasteiger partial charge is 0.259 e. The van der Waals surface area contributed by atoms with Gasteiger partial charge >= 0.3 is 0 Å². The molecular formula is C13H9BrN2O3. The lowest BCUT2D eigenvalue weighted by Crippen LogP contribution is -2.19. The number of halogens is 1. The lowest BCUT2D eigenvalue weighted by molar-refractivity contribution is 0.0879. The van der Waals surface area contributed by atoms with Crippen molar-refractivity contribution >= 4 is 33.4 Å². The van der Waals surface area contributed by atoms with Crippen molar-refractivity contribution in [2.24, 2.45) is 0 Å². The molecule has 3 rings (SSSR count). The van der Waals surface area contributed by atoms with Crippen LogP contribution in [-0.2, 0) is 6.54 Å². The Labute approximate surface area is 117 Å². The van der Waals surface area contributed by atoms with Crippen LogP contribution in [0.4, 0.5) is 5.69 Å². The van der Waals surface area contributed by atoms with Crippen LogP contribution in [0.15, 0.2) is 39.4 Å². The Bertz CT molecular complexity index is 678. The number of hydrogen-bond donors (Lipinski definition) is 2. The number of fused-ring (bicyclic) bond motifs is 1. The molecule has 0 radical (unpaired) electrons. The summed E-state index contributed by atoms with van der Waals surface area (Å²) in [6, 6.07) is 6.86. The van der Waals surface area contributed by atoms with Crippen molar-refractivity contribution in [1.82, 2.24) is 5.32 Å². The maximum atomic E-state index is 11.5. The second-order valence-electron chi connectivity index (χ2n) is 4.09. The molecule has 5 nitrogen and oxygen atoms in total. The predicted octanol–water partition coefficient (Wildman–Crippen LogP) is 2.54. The highest BCUT2D eigenvalue weighted by Crippen LogP contribution is 2.22. The van der Waals surface area contributed by atoms with Crippen molar-refractivity contribution < 1.29 is 14.0 Å². The largest absolute Gasteiger partial charge is 0.466 e. The molecule has 0 saturated carbocycles. The van der Waals surface area contributed by atoms with Gasteiger partial charge in [-0.3, -0.25) is 14.9 Å². The van der Waals surface area contributed by atoms with Gasteiger partial charge in [0, 0.05) is 5.69 Å². The predicted molar refractivity (Wildman–Crippen MR) is 72.0 cm³/mol. The molecule has 2 heterocycles. The Morgan fingerprint density at radius 1 is 1.16 bits per heavy atom. The number of benzene rings is 1. The minimum atomic E-state index is -0.358. The molecule has 19 heavy (non-hydrogen) atoms. The molecule has 0 atom stereocenters. The number of carbonyl (C=O) groups excluding carboxylic acids is 2. The maximum absolute atomic E-state index is 11.5. The molecule has 0 fully saturated rings. The van der Waals surface area contributed by atoms with E-state index in [0.717, 1.165) is 15.9 Å². The molecule has 2 amide bonds. The van der Waals surface area contributed by atoms with Gasteiger partial charge in [0.15, 0.2) is 0 Å². The number of rotatable bonds is 3. The molecule has 0 spiro atoms. The molecule has 0 bridgehead atoms. The second-order valence-corrected chi connectivity index (χ2v) is 4.94. The van der Waals surface area contributed by atoms with Crippen molar-refractivity contribution in [3.05, 3.63) is 51.9 Å². The molecule has 6 heteroatoms. The second kappa shape index (κ2) is 4.55. The highest BCUT2D eigenvalue weighted by molar-refractivity contribution is 9.10. The summed E-state index contributed by atoms with van der Waals surface area (Å²) in [5, 5.41) is 5.39. The van der Waals surface area contributed by atoms with Crippen LogP contribution in [0, 0.1) is 0 Å². The Morgan fingerprint density at radius 3 is 2.68 bits per heavy atom. The maximum Gasteiger partial charge on any atom is 0.259 e. The van der Waals surface area contributed by atoms with Crippen molar-refractivity contribution in [3.8, 4) is 0 Å². The van der Waals surface area contributed by atoms with Crippen LogP contribution >= 0.6 is 15.9 Å². The highest BCUT2D eigenvalue weighted by atomic mass is 79.9. The van der Waals surface area contributed by atoms with Gasteiger partial charge < -0.3 is 9.73 Å². The van der Waals surface area contributed by atoms with E-state index < -0.39 is 0 Å². The quantitative estimate of drug-likeness (QED) is 0.852. The third kappa shape index (κ3) is 2.15. The summed E-state index contributed by atoms with van der Waals surface area (Å²) in [5.41, 5.74) is 1.56. The van der Waals surface area contributed by atoms with E-state index in [4.69, 9.17) is 4.42 Å². The van der Waals surface area contributed by atoms with Crippen molar-refractivity contribution in [2.45, 2.75) is 6.54 Å². The van der Waals surface area contributed by atoms with E-state index in [0.29, 0.717) is 17.7 Å². The fourth-order valence-corrected chi connectivity index (χ4v) is 2.25. The zero-order chi connectivity index (χ0) is 13.4. The zero-order valence-corrected chi connectivity index (χ0v) is 11.3. The SMILES string of the molecule is O=C1NC(=O)c2cc(NCc3occc3Br)ccc21. The molecule has 0 unspecified atom stereocenters. The monoisotopic (exact) mass is 320 g/mol. The van der Waals surface area contributed by atoms with Crippen LogP contribution in [0.3, 0.4) is 0 Å². The van der Waals surface area contributed by atoms with E-state index in [1.807, 2.05) is 6.07 Å². The topological polar surface area (TPSA) is 71.3 Å². The van der Waals surface area contributed by atoms with Gasteiger partial charge in [0.2, 0.25) is 0 Å². The first-order chi connectivity index (χ1) is 9.15. The molecule has 0 saturated heterocycles. The first-order valence-corrected chi connectivity index (χ1v) is 6.40. The lowest BCUT2D eigenvalue weighted by Gasteiger charge is -2.06. The minimum absolute atomic E-state index is 0.347. The molecular weight excluding hydrogens is 312 g/mol. The minimum Gasteiger partial charge on any atom is -0.466 e. The van der Waals surface area contributed by atoms with E-state index >= 15 is 0 Å². The van der Waals surface area contributed by atoms with Crippen LogP contribution in [0.1, 0.15) is 26.5 Å². The number of imide groups is 1. The van der Waals surface area contributed by atoms with Gasteiger partial charge in [0.25, 0.3) is 11.8 Å². The molecule has 96 valence electrons. The van der Waals surface area contributed by atoms with Crippen LogP contribution in [0.25, 0.3) is 0 Å². The van der Waals surface area contributed by atoms with Gasteiger partial charge in [-0.1, -0.05) is 0 Å². The number of amides is 2. The van der Waals surface area contributed by atoms with Crippen LogP contribution in [0.2, 0.25) is 0 Å². The average Bonchev–Trinajstić information content (AvgIpc) is 2.92. The van der Waals surface area contributed by atoms with Crippen LogP contribution in [-0.4, -0.2) is 11.8 Å². The molecule has 0 aliphatic carbocycles. The van der Waals surface area contributed by atoms with E-state index in [1.165, 1.54) is 0 Å². The van der Waals surface area contributed by atoms with E-state index in [2.05, 4.69) is 26.6 Å². The molecule has 1 aliphatic heterocycles. The van der Waals surface area contributed by atoms with Gasteiger partial charge in [0.1, 0.15) is 5.76 Å². The van der Waals surface area contributed by atoms with Crippen LogP contribution < -0.4 is 10.6 Å². The summed E-state index contributed by atoms with van der Waals surface area (Å²) in [7, 11) is 0. The molecule has 2 aromatic rings. The third-order valence-corrected chi connectivity index (χ3v) is 3.59. The molecule has 1 aromatic heterocycles. The van der Waals surface area contributed by atoms with Gasteiger partial charge in [-0.2, -0.15) is 0 Å². The van der Waals surface area contributed by atoms with E-state index in [9.17, 15) is 9.59 Å². The molecule has 2 N–H and O–H groups in total. The summed E-state index contributed by atoms with van der Waals surface area (Å²) in [6.45, 7) is 0.488. The summed E-state index contributed by atoms with van der Waals surface area (Å²) in [6.07, 6.45) is 1.59. The fourth-order valence-electron chi connectivity index (χ4n) is 1.91. The Hall–Kier alpha value is -2.08. The number of anilines is 1. The third-order valence-electron chi connectivity index (χ3n) is 2.88. The summed E-state index contributed by atoms with van der Waals surface area (Å²) >= 11 is 3.36. The normalized spacial score (nSPS) is 13.3. The molecule has 1 aliphatic rings. The van der Waals surface area contributed by atoms with Gasteiger partial charge in [-0.05, 0) is 40.2 Å². The van der Waals surface area contributed by atoms with Crippen LogP contribution in [0.5, 0.6) is 0 Å². The number of hydrogen-bond acceptors (Lipinski definition) is 4. The van der Waals surface area contributed by atoms with Gasteiger partial charge in [0.05, 0.1) is 28.4 Å². The summed E-state index contributed by atoms with van der Waals surface area (Å²) in [5.74, 6) is 0.0594. The van der Waals surface area contributed by atoms with Crippen molar-refractivity contribution in [2.75, 3.05) is 5.32 Å². The highest BCUT2D eigenvalue weighted by Gasteiger charge is 2.26. The van der Waals surface area contributed by atoms with Gasteiger partial charge in [-0.15, -0.1) is 0 Å². The standard InChI is InChI=1S/C13H9BrN2O3/c14-10-3-4-19-11(10)6-15-7-1-2-8-9(5-7)13(18)16-12(8)17/h1-5,15H,6H2,(H,16,17,18). The first-order valence-electron chi connectivity index (χ1n) is 5.60. The average molecular weight is 321 g/mol. The number of furan rings is 1. The fraction of sp³-hybridized carbons (Fsp3) is 0.0769.